The topological polar surface area (TPSA) is 108 Å². The molecule has 2 N–H and O–H groups in total. The van der Waals surface area contributed by atoms with E-state index in [4.69, 9.17) is 5.73 Å². The lowest BCUT2D eigenvalue weighted by Crippen LogP contribution is -2.35. The predicted octanol–water partition coefficient (Wildman–Crippen LogP) is 2.40. The summed E-state index contributed by atoms with van der Waals surface area (Å²) in [5.41, 5.74) is 6.86. The first-order valence-electron chi connectivity index (χ1n) is 9.33. The zero-order valence-electron chi connectivity index (χ0n) is 16.4. The molecule has 8 nitrogen and oxygen atoms in total. The van der Waals surface area contributed by atoms with Gasteiger partial charge in [-0.15, -0.1) is 0 Å². The summed E-state index contributed by atoms with van der Waals surface area (Å²) < 4.78 is 69.0. The molecule has 0 unspecified atom stereocenters. The van der Waals surface area contributed by atoms with Crippen LogP contribution in [-0.2, 0) is 27.9 Å². The summed E-state index contributed by atoms with van der Waals surface area (Å²) in [5, 5.41) is 4.06. The average Bonchev–Trinajstić information content (AvgIpc) is 3.33. The third-order valence-corrected chi connectivity index (χ3v) is 6.52. The highest BCUT2D eigenvalue weighted by Gasteiger charge is 2.32. The van der Waals surface area contributed by atoms with Crippen LogP contribution in [0.25, 0.3) is 0 Å². The number of hydrogen-bond donors (Lipinski definition) is 1. The van der Waals surface area contributed by atoms with Crippen molar-refractivity contribution in [1.29, 1.82) is 0 Å². The summed E-state index contributed by atoms with van der Waals surface area (Å²) in [7, 11) is -4.08. The fraction of sp³-hybridized carbons (Fsp3) is 0.200. The summed E-state index contributed by atoms with van der Waals surface area (Å²) in [6, 6.07) is 8.98. The lowest BCUT2D eigenvalue weighted by Gasteiger charge is -2.21. The van der Waals surface area contributed by atoms with E-state index >= 15 is 0 Å². The molecule has 0 saturated heterocycles. The van der Waals surface area contributed by atoms with Gasteiger partial charge < -0.3 is 15.4 Å². The van der Waals surface area contributed by atoms with Crippen molar-refractivity contribution in [3.8, 4) is 5.75 Å². The fourth-order valence-electron chi connectivity index (χ4n) is 3.36. The van der Waals surface area contributed by atoms with E-state index in [-0.39, 0.29) is 29.3 Å². The lowest BCUT2D eigenvalue weighted by atomic mass is 10.1. The highest BCUT2D eigenvalue weighted by Crippen LogP contribution is 2.27. The largest absolute Gasteiger partial charge is 0.435 e. The van der Waals surface area contributed by atoms with E-state index < -0.39 is 34.4 Å². The Labute approximate surface area is 181 Å². The van der Waals surface area contributed by atoms with Gasteiger partial charge in [0.05, 0.1) is 17.1 Å². The lowest BCUT2D eigenvalue weighted by molar-refractivity contribution is -0.133. The number of amides is 1. The molecular formula is C20H17F3N4O4S. The third kappa shape index (κ3) is 4.06. The molecule has 1 atom stereocenters. The Balaban J connectivity index is 1.49. The molecule has 1 aliphatic heterocycles. The second-order valence-electron chi connectivity index (χ2n) is 7.02. The number of carbonyl (C=O) groups is 1. The Morgan fingerprint density at radius 3 is 2.41 bits per heavy atom. The molecule has 1 amide bonds. The normalized spacial score (nSPS) is 14.5. The first-order valence-corrected chi connectivity index (χ1v) is 10.8. The maximum Gasteiger partial charge on any atom is 0.387 e. The van der Waals surface area contributed by atoms with Crippen molar-refractivity contribution < 1.29 is 31.1 Å². The van der Waals surface area contributed by atoms with Crippen LogP contribution in [0.5, 0.6) is 5.75 Å². The van der Waals surface area contributed by atoms with Gasteiger partial charge in [0.2, 0.25) is 5.91 Å². The molecular weight excluding hydrogens is 449 g/mol. The van der Waals surface area contributed by atoms with Crippen LogP contribution in [0, 0.1) is 5.82 Å². The number of halogens is 3. The zero-order chi connectivity index (χ0) is 23.0. The van der Waals surface area contributed by atoms with E-state index in [1.165, 1.54) is 29.3 Å². The summed E-state index contributed by atoms with van der Waals surface area (Å²) >= 11 is 0. The number of fused-ring (bicyclic) bond motifs is 1. The molecule has 0 radical (unpaired) electrons. The van der Waals surface area contributed by atoms with Gasteiger partial charge in [-0.3, -0.25) is 4.79 Å². The summed E-state index contributed by atoms with van der Waals surface area (Å²) in [5.74, 6) is -1.29. The van der Waals surface area contributed by atoms with Crippen molar-refractivity contribution in [3.63, 3.8) is 0 Å². The van der Waals surface area contributed by atoms with Crippen molar-refractivity contribution in [2.75, 3.05) is 0 Å². The van der Waals surface area contributed by atoms with Gasteiger partial charge in [-0.25, -0.2) is 4.39 Å². The van der Waals surface area contributed by atoms with Crippen molar-refractivity contribution in [3.05, 3.63) is 77.4 Å². The standard InChI is InChI=1S/C20H17F3N4O4S/c21-16-4-2-1-3-15(16)18(24)19(28)26-9-12-10-27(25-17(12)11-26)32(29,30)14-7-5-13(6-8-14)31-20(22)23/h1-8,10,18,20H,9,11,24H2/t18-/m1/s1. The smallest absolute Gasteiger partial charge is 0.387 e. The molecule has 32 heavy (non-hydrogen) atoms. The molecule has 0 bridgehead atoms. The Bertz CT molecular complexity index is 1240. The molecule has 3 aromatic rings. The van der Waals surface area contributed by atoms with Crippen LogP contribution in [0.3, 0.4) is 0 Å². The Hall–Kier alpha value is -3.38. The molecule has 2 aromatic carbocycles. The van der Waals surface area contributed by atoms with Gasteiger partial charge in [-0.1, -0.05) is 18.2 Å². The van der Waals surface area contributed by atoms with Crippen LogP contribution >= 0.6 is 0 Å². The fourth-order valence-corrected chi connectivity index (χ4v) is 4.53. The van der Waals surface area contributed by atoms with E-state index in [1.807, 2.05) is 0 Å². The van der Waals surface area contributed by atoms with E-state index in [0.717, 1.165) is 28.4 Å². The van der Waals surface area contributed by atoms with Crippen LogP contribution in [-0.4, -0.2) is 35.0 Å². The van der Waals surface area contributed by atoms with E-state index in [1.54, 1.807) is 6.07 Å². The van der Waals surface area contributed by atoms with Gasteiger partial charge in [-0.2, -0.15) is 26.4 Å². The van der Waals surface area contributed by atoms with Crippen LogP contribution in [0.2, 0.25) is 0 Å². The second kappa shape index (κ2) is 8.28. The second-order valence-corrected chi connectivity index (χ2v) is 8.82. The summed E-state index contributed by atoms with van der Waals surface area (Å²) in [6.45, 7) is -2.95. The van der Waals surface area contributed by atoms with Gasteiger partial charge in [0.1, 0.15) is 17.6 Å². The van der Waals surface area contributed by atoms with Crippen molar-refractivity contribution in [2.24, 2.45) is 5.73 Å². The predicted molar refractivity (Wildman–Crippen MR) is 105 cm³/mol. The molecule has 12 heteroatoms. The quantitative estimate of drug-likeness (QED) is 0.598. The number of hydrogen-bond acceptors (Lipinski definition) is 6. The highest BCUT2D eigenvalue weighted by atomic mass is 32.2. The maximum atomic E-state index is 13.9. The minimum absolute atomic E-state index is 0.0139. The Morgan fingerprint density at radius 1 is 1.09 bits per heavy atom. The van der Waals surface area contributed by atoms with Crippen molar-refractivity contribution >= 4 is 15.9 Å². The molecule has 0 fully saturated rings. The maximum absolute atomic E-state index is 13.9. The van der Waals surface area contributed by atoms with E-state index in [9.17, 15) is 26.4 Å². The minimum atomic E-state index is -4.08. The molecule has 2 heterocycles. The molecule has 0 spiro atoms. The minimum Gasteiger partial charge on any atom is -0.435 e. The number of nitrogens with two attached hydrogens (primary N) is 1. The Kier molecular flexibility index (Phi) is 5.65. The summed E-state index contributed by atoms with van der Waals surface area (Å²) in [4.78, 5) is 13.9. The van der Waals surface area contributed by atoms with Crippen molar-refractivity contribution in [2.45, 2.75) is 30.6 Å². The first kappa shape index (κ1) is 21.8. The Morgan fingerprint density at radius 2 is 1.78 bits per heavy atom. The SMILES string of the molecule is N[C@@H](C(=O)N1Cc2cn(S(=O)(=O)c3ccc(OC(F)F)cc3)nc2C1)c1ccccc1F. The van der Waals surface area contributed by atoms with E-state index in [0.29, 0.717) is 11.3 Å². The van der Waals surface area contributed by atoms with Gasteiger partial charge in [0.25, 0.3) is 10.0 Å². The molecule has 168 valence electrons. The third-order valence-electron chi connectivity index (χ3n) is 4.97. The van der Waals surface area contributed by atoms with Crippen LogP contribution in [0.4, 0.5) is 13.2 Å². The van der Waals surface area contributed by atoms with Gasteiger partial charge in [0, 0.05) is 23.9 Å². The van der Waals surface area contributed by atoms with Gasteiger partial charge in [0.15, 0.2) is 0 Å². The number of nitrogens with zero attached hydrogens (tertiary/aromatic N) is 3. The number of benzene rings is 2. The number of carbonyl (C=O) groups excluding carboxylic acids is 1. The van der Waals surface area contributed by atoms with Gasteiger partial charge >= 0.3 is 6.61 Å². The van der Waals surface area contributed by atoms with Crippen LogP contribution in [0.1, 0.15) is 22.9 Å². The van der Waals surface area contributed by atoms with Crippen LogP contribution in [0.15, 0.2) is 59.6 Å². The molecule has 0 aliphatic carbocycles. The highest BCUT2D eigenvalue weighted by molar-refractivity contribution is 7.89. The number of alkyl halides is 2. The molecule has 4 rings (SSSR count). The number of rotatable bonds is 6. The van der Waals surface area contributed by atoms with Crippen molar-refractivity contribution in [1.82, 2.24) is 14.1 Å². The number of ether oxygens (including phenoxy) is 1. The molecule has 0 saturated carbocycles. The van der Waals surface area contributed by atoms with Crippen LogP contribution < -0.4 is 10.5 Å². The molecule has 1 aromatic heterocycles. The summed E-state index contributed by atoms with van der Waals surface area (Å²) in [6.07, 6.45) is 1.27. The average molecular weight is 466 g/mol. The first-order chi connectivity index (χ1) is 15.2. The molecule has 1 aliphatic rings. The van der Waals surface area contributed by atoms with Gasteiger partial charge in [-0.05, 0) is 30.3 Å². The van der Waals surface area contributed by atoms with E-state index in [2.05, 4.69) is 9.84 Å². The monoisotopic (exact) mass is 466 g/mol. The zero-order valence-corrected chi connectivity index (χ0v) is 17.2. The number of aromatic nitrogens is 2.